The molecule has 2 atom stereocenters. The normalized spacial score (nSPS) is 19.3. The molecular formula is C17H24. The summed E-state index contributed by atoms with van der Waals surface area (Å²) in [6.45, 7) is 4.63. The van der Waals surface area contributed by atoms with Gasteiger partial charge in [-0.1, -0.05) is 75.9 Å². The predicted octanol–water partition coefficient (Wildman–Crippen LogP) is 5.40. The van der Waals surface area contributed by atoms with Crippen LogP contribution in [0.3, 0.4) is 0 Å². The Morgan fingerprint density at radius 2 is 2.00 bits per heavy atom. The Morgan fingerprint density at radius 1 is 1.18 bits per heavy atom. The van der Waals surface area contributed by atoms with Gasteiger partial charge in [0, 0.05) is 5.92 Å². The van der Waals surface area contributed by atoms with Crippen LogP contribution in [0.15, 0.2) is 30.3 Å². The van der Waals surface area contributed by atoms with Gasteiger partial charge in [0.05, 0.1) is 0 Å². The maximum Gasteiger partial charge on any atom is 0.00298 e. The lowest BCUT2D eigenvalue weighted by Gasteiger charge is -2.19. The van der Waals surface area contributed by atoms with E-state index in [-0.39, 0.29) is 0 Å². The highest BCUT2D eigenvalue weighted by molar-refractivity contribution is 5.62. The van der Waals surface area contributed by atoms with Crippen molar-refractivity contribution in [2.75, 3.05) is 0 Å². The monoisotopic (exact) mass is 228 g/mol. The van der Waals surface area contributed by atoms with Crippen LogP contribution in [0, 0.1) is 5.92 Å². The number of benzene rings is 1. The van der Waals surface area contributed by atoms with E-state index in [0.29, 0.717) is 5.92 Å². The molecule has 0 heterocycles. The Bertz CT molecular complexity index is 375. The van der Waals surface area contributed by atoms with Crippen LogP contribution in [0.2, 0.25) is 0 Å². The van der Waals surface area contributed by atoms with E-state index in [9.17, 15) is 0 Å². The smallest absolute Gasteiger partial charge is 0.00298 e. The summed E-state index contributed by atoms with van der Waals surface area (Å²) in [7, 11) is 0. The zero-order chi connectivity index (χ0) is 12.1. The molecule has 0 radical (unpaired) electrons. The van der Waals surface area contributed by atoms with Crippen molar-refractivity contribution in [1.29, 1.82) is 0 Å². The van der Waals surface area contributed by atoms with Crippen LogP contribution in [0.4, 0.5) is 0 Å². The molecule has 1 aliphatic rings. The molecule has 2 unspecified atom stereocenters. The van der Waals surface area contributed by atoms with Gasteiger partial charge < -0.3 is 0 Å². The Hall–Kier alpha value is -1.04. The molecule has 1 aromatic carbocycles. The van der Waals surface area contributed by atoms with Crippen molar-refractivity contribution in [2.24, 2.45) is 5.92 Å². The Labute approximate surface area is 106 Å². The third-order valence-electron chi connectivity index (χ3n) is 4.03. The lowest BCUT2D eigenvalue weighted by Crippen LogP contribution is -2.04. The molecule has 92 valence electrons. The number of hydrogen-bond donors (Lipinski definition) is 0. The van der Waals surface area contributed by atoms with E-state index in [2.05, 4.69) is 50.3 Å². The molecule has 0 N–H and O–H groups in total. The summed E-state index contributed by atoms with van der Waals surface area (Å²) >= 11 is 0. The van der Waals surface area contributed by atoms with Gasteiger partial charge in [0.2, 0.25) is 0 Å². The molecule has 2 rings (SSSR count). The minimum absolute atomic E-state index is 0.674. The number of hydrogen-bond acceptors (Lipinski definition) is 0. The summed E-state index contributed by atoms with van der Waals surface area (Å²) in [5.74, 6) is 1.57. The Balaban J connectivity index is 1.98. The summed E-state index contributed by atoms with van der Waals surface area (Å²) in [5.41, 5.74) is 2.98. The highest BCUT2D eigenvalue weighted by Gasteiger charge is 2.19. The molecule has 1 aromatic rings. The first kappa shape index (κ1) is 12.4. The topological polar surface area (TPSA) is 0 Å². The lowest BCUT2D eigenvalue weighted by atomic mass is 9.86. The van der Waals surface area contributed by atoms with Gasteiger partial charge in [0.25, 0.3) is 0 Å². The number of fused-ring (bicyclic) bond motifs is 1. The van der Waals surface area contributed by atoms with Gasteiger partial charge in [-0.2, -0.15) is 0 Å². The summed E-state index contributed by atoms with van der Waals surface area (Å²) in [6, 6.07) is 8.84. The van der Waals surface area contributed by atoms with Crippen LogP contribution in [-0.4, -0.2) is 0 Å². The molecule has 17 heavy (non-hydrogen) atoms. The summed E-state index contributed by atoms with van der Waals surface area (Å²) in [5, 5.41) is 0. The number of rotatable bonds is 6. The van der Waals surface area contributed by atoms with Crippen molar-refractivity contribution in [3.63, 3.8) is 0 Å². The van der Waals surface area contributed by atoms with Gasteiger partial charge in [0.15, 0.2) is 0 Å². The Morgan fingerprint density at radius 3 is 2.76 bits per heavy atom. The van der Waals surface area contributed by atoms with E-state index in [1.807, 2.05) is 0 Å². The maximum absolute atomic E-state index is 2.40. The quantitative estimate of drug-likeness (QED) is 0.611. The molecule has 0 fully saturated rings. The average molecular weight is 228 g/mol. The highest BCUT2D eigenvalue weighted by atomic mass is 14.2. The van der Waals surface area contributed by atoms with E-state index in [4.69, 9.17) is 0 Å². The van der Waals surface area contributed by atoms with Crippen molar-refractivity contribution in [2.45, 2.75) is 51.9 Å². The molecule has 0 saturated carbocycles. The van der Waals surface area contributed by atoms with Gasteiger partial charge in [-0.25, -0.2) is 0 Å². The molecule has 1 aliphatic carbocycles. The predicted molar refractivity (Wildman–Crippen MR) is 76.1 cm³/mol. The molecule has 0 saturated heterocycles. The summed E-state index contributed by atoms with van der Waals surface area (Å²) in [6.07, 6.45) is 11.5. The molecule has 0 heteroatoms. The lowest BCUT2D eigenvalue weighted by molar-refractivity contribution is 0.407. The largest absolute Gasteiger partial charge is 0.0764 e. The van der Waals surface area contributed by atoms with Gasteiger partial charge in [-0.3, -0.25) is 0 Å². The maximum atomic E-state index is 2.40. The van der Waals surface area contributed by atoms with E-state index in [1.54, 1.807) is 5.56 Å². The zero-order valence-corrected chi connectivity index (χ0v) is 11.2. The third kappa shape index (κ3) is 3.00. The molecule has 0 aromatic heterocycles. The molecular weight excluding hydrogens is 204 g/mol. The SMILES string of the molecule is CCCCC(CC)CC1C=Cc2ccccc21. The van der Waals surface area contributed by atoms with Crippen molar-refractivity contribution in [3.8, 4) is 0 Å². The van der Waals surface area contributed by atoms with Crippen molar-refractivity contribution >= 4 is 6.08 Å². The minimum Gasteiger partial charge on any atom is -0.0764 e. The van der Waals surface area contributed by atoms with Crippen LogP contribution in [-0.2, 0) is 0 Å². The number of allylic oxidation sites excluding steroid dienone is 1. The second kappa shape index (κ2) is 6.05. The van der Waals surface area contributed by atoms with Gasteiger partial charge in [0.1, 0.15) is 0 Å². The fourth-order valence-corrected chi connectivity index (χ4v) is 2.87. The van der Waals surface area contributed by atoms with Crippen molar-refractivity contribution in [1.82, 2.24) is 0 Å². The van der Waals surface area contributed by atoms with E-state index in [1.165, 1.54) is 37.7 Å². The first-order chi connectivity index (χ1) is 8.35. The zero-order valence-electron chi connectivity index (χ0n) is 11.2. The Kier molecular flexibility index (Phi) is 4.42. The first-order valence-electron chi connectivity index (χ1n) is 7.12. The molecule has 0 aliphatic heterocycles. The second-order valence-corrected chi connectivity index (χ2v) is 5.25. The summed E-state index contributed by atoms with van der Waals surface area (Å²) in [4.78, 5) is 0. The fraction of sp³-hybridized carbons (Fsp3) is 0.529. The fourth-order valence-electron chi connectivity index (χ4n) is 2.87. The number of unbranched alkanes of at least 4 members (excludes halogenated alkanes) is 1. The molecule has 0 bridgehead atoms. The average Bonchev–Trinajstić information content (AvgIpc) is 2.78. The third-order valence-corrected chi connectivity index (χ3v) is 4.03. The van der Waals surface area contributed by atoms with Gasteiger partial charge >= 0.3 is 0 Å². The van der Waals surface area contributed by atoms with Crippen LogP contribution in [0.25, 0.3) is 6.08 Å². The standard InChI is InChI=1S/C17H24/c1-3-5-8-14(4-2)13-16-12-11-15-9-6-7-10-17(15)16/h6-7,9-12,14,16H,3-5,8,13H2,1-2H3. The van der Waals surface area contributed by atoms with Crippen molar-refractivity contribution in [3.05, 3.63) is 41.5 Å². The van der Waals surface area contributed by atoms with Crippen LogP contribution in [0.1, 0.15) is 63.0 Å². The van der Waals surface area contributed by atoms with E-state index in [0.717, 1.165) is 5.92 Å². The van der Waals surface area contributed by atoms with Crippen LogP contribution >= 0.6 is 0 Å². The van der Waals surface area contributed by atoms with Crippen molar-refractivity contribution < 1.29 is 0 Å². The van der Waals surface area contributed by atoms with E-state index >= 15 is 0 Å². The molecule has 0 spiro atoms. The molecule has 0 nitrogen and oxygen atoms in total. The first-order valence-corrected chi connectivity index (χ1v) is 7.12. The van der Waals surface area contributed by atoms with Crippen LogP contribution < -0.4 is 0 Å². The van der Waals surface area contributed by atoms with Gasteiger partial charge in [-0.05, 0) is 23.5 Å². The minimum atomic E-state index is 0.674. The molecule has 0 amide bonds. The van der Waals surface area contributed by atoms with Gasteiger partial charge in [-0.15, -0.1) is 0 Å². The van der Waals surface area contributed by atoms with Crippen LogP contribution in [0.5, 0.6) is 0 Å². The second-order valence-electron chi connectivity index (χ2n) is 5.25. The van der Waals surface area contributed by atoms with E-state index < -0.39 is 0 Å². The summed E-state index contributed by atoms with van der Waals surface area (Å²) < 4.78 is 0. The highest BCUT2D eigenvalue weighted by Crippen LogP contribution is 2.36.